The largest absolute Gasteiger partial charge is 0.507 e. The van der Waals surface area contributed by atoms with Crippen LogP contribution in [0.2, 0.25) is 0 Å². The Balaban J connectivity index is 1.97. The lowest BCUT2D eigenvalue weighted by molar-refractivity contribution is -0.384. The van der Waals surface area contributed by atoms with Crippen LogP contribution in [0, 0.1) is 10.1 Å². The SMILES string of the molecule is O=C1C(=O)N(c2ccc(Br)cc2)C(c2cccc([N+](=O)[O-])c2)/C1=C(\O)c1ccccc1. The number of hydrogen-bond acceptors (Lipinski definition) is 5. The van der Waals surface area contributed by atoms with Crippen molar-refractivity contribution in [3.05, 3.63) is 110 Å². The zero-order valence-electron chi connectivity index (χ0n) is 15.9. The highest BCUT2D eigenvalue weighted by molar-refractivity contribution is 9.10. The Bertz CT molecular complexity index is 1220. The Morgan fingerprint density at radius 3 is 2.29 bits per heavy atom. The number of nitro benzene ring substituents is 1. The van der Waals surface area contributed by atoms with Crippen molar-refractivity contribution >= 4 is 44.8 Å². The van der Waals surface area contributed by atoms with Crippen molar-refractivity contribution in [3.63, 3.8) is 0 Å². The molecule has 0 saturated carbocycles. The number of nitro groups is 1. The van der Waals surface area contributed by atoms with Crippen LogP contribution in [-0.2, 0) is 9.59 Å². The predicted molar refractivity (Wildman–Crippen MR) is 118 cm³/mol. The third-order valence-electron chi connectivity index (χ3n) is 4.99. The Labute approximate surface area is 185 Å². The molecule has 1 saturated heterocycles. The molecule has 1 amide bonds. The first-order valence-electron chi connectivity index (χ1n) is 9.25. The summed E-state index contributed by atoms with van der Waals surface area (Å²) >= 11 is 3.34. The van der Waals surface area contributed by atoms with Gasteiger partial charge >= 0.3 is 0 Å². The molecular formula is C23H15BrN2O5. The topological polar surface area (TPSA) is 101 Å². The molecule has 1 heterocycles. The zero-order valence-corrected chi connectivity index (χ0v) is 17.5. The third-order valence-corrected chi connectivity index (χ3v) is 5.52. The van der Waals surface area contributed by atoms with Gasteiger partial charge in [-0.15, -0.1) is 0 Å². The molecule has 1 aliphatic heterocycles. The van der Waals surface area contributed by atoms with Gasteiger partial charge in [0.2, 0.25) is 0 Å². The maximum atomic E-state index is 13.0. The zero-order chi connectivity index (χ0) is 22.1. The van der Waals surface area contributed by atoms with Gasteiger partial charge in [0.1, 0.15) is 5.76 Å². The first kappa shape index (κ1) is 20.5. The standard InChI is InChI=1S/C23H15BrN2O5/c24-16-9-11-17(12-10-16)25-20(15-7-4-8-18(13-15)26(30)31)19(22(28)23(25)29)21(27)14-5-2-1-3-6-14/h1-13,20,27H/b21-19+. The molecule has 154 valence electrons. The fourth-order valence-electron chi connectivity index (χ4n) is 3.58. The van der Waals surface area contributed by atoms with Crippen molar-refractivity contribution in [2.24, 2.45) is 0 Å². The van der Waals surface area contributed by atoms with Crippen molar-refractivity contribution in [2.75, 3.05) is 4.90 Å². The highest BCUT2D eigenvalue weighted by Crippen LogP contribution is 2.42. The van der Waals surface area contributed by atoms with Gasteiger partial charge in [-0.05, 0) is 29.8 Å². The number of ketones is 1. The predicted octanol–water partition coefficient (Wildman–Crippen LogP) is 4.98. The van der Waals surface area contributed by atoms with E-state index in [-0.39, 0.29) is 17.0 Å². The summed E-state index contributed by atoms with van der Waals surface area (Å²) < 4.78 is 0.781. The second-order valence-corrected chi connectivity index (χ2v) is 7.78. The fraction of sp³-hybridized carbons (Fsp3) is 0.0435. The minimum absolute atomic E-state index is 0.125. The molecule has 1 unspecified atom stereocenters. The second-order valence-electron chi connectivity index (χ2n) is 6.86. The van der Waals surface area contributed by atoms with E-state index in [1.165, 1.54) is 23.1 Å². The Kier molecular flexibility index (Phi) is 5.39. The summed E-state index contributed by atoms with van der Waals surface area (Å²) in [6.45, 7) is 0. The van der Waals surface area contributed by atoms with E-state index < -0.39 is 22.7 Å². The normalized spacial score (nSPS) is 17.7. The number of carbonyl (C=O) groups is 2. The molecule has 1 atom stereocenters. The second kappa shape index (κ2) is 8.16. The number of Topliss-reactive ketones (excluding diaryl/α,β-unsaturated/α-hetero) is 1. The number of amides is 1. The molecule has 0 aliphatic carbocycles. The molecule has 0 bridgehead atoms. The van der Waals surface area contributed by atoms with Gasteiger partial charge < -0.3 is 5.11 Å². The van der Waals surface area contributed by atoms with Gasteiger partial charge in [-0.3, -0.25) is 24.6 Å². The molecule has 0 radical (unpaired) electrons. The van der Waals surface area contributed by atoms with Crippen LogP contribution in [0.3, 0.4) is 0 Å². The van der Waals surface area contributed by atoms with E-state index in [1.807, 2.05) is 0 Å². The molecule has 0 spiro atoms. The maximum Gasteiger partial charge on any atom is 0.300 e. The molecule has 3 aromatic carbocycles. The van der Waals surface area contributed by atoms with Gasteiger partial charge in [-0.2, -0.15) is 0 Å². The molecule has 31 heavy (non-hydrogen) atoms. The molecule has 3 aromatic rings. The minimum Gasteiger partial charge on any atom is -0.507 e. The lowest BCUT2D eigenvalue weighted by atomic mass is 9.95. The van der Waals surface area contributed by atoms with Gasteiger partial charge in [-0.25, -0.2) is 0 Å². The number of rotatable bonds is 4. The van der Waals surface area contributed by atoms with Crippen molar-refractivity contribution in [3.8, 4) is 0 Å². The average molecular weight is 479 g/mol. The first-order valence-corrected chi connectivity index (χ1v) is 10.0. The summed E-state index contributed by atoms with van der Waals surface area (Å²) in [7, 11) is 0. The monoisotopic (exact) mass is 478 g/mol. The van der Waals surface area contributed by atoms with Crippen LogP contribution in [0.25, 0.3) is 5.76 Å². The number of benzene rings is 3. The molecule has 8 heteroatoms. The third kappa shape index (κ3) is 3.73. The van der Waals surface area contributed by atoms with E-state index in [4.69, 9.17) is 0 Å². The van der Waals surface area contributed by atoms with Gasteiger partial charge in [0.05, 0.1) is 16.5 Å². The van der Waals surface area contributed by atoms with Crippen molar-refractivity contribution in [1.82, 2.24) is 0 Å². The fourth-order valence-corrected chi connectivity index (χ4v) is 3.84. The van der Waals surface area contributed by atoms with Crippen molar-refractivity contribution in [1.29, 1.82) is 0 Å². The van der Waals surface area contributed by atoms with Crippen LogP contribution in [0.4, 0.5) is 11.4 Å². The molecule has 1 aliphatic rings. The van der Waals surface area contributed by atoms with E-state index in [0.717, 1.165) is 4.47 Å². The van der Waals surface area contributed by atoms with Crippen LogP contribution in [0.15, 0.2) is 88.9 Å². The van der Waals surface area contributed by atoms with E-state index >= 15 is 0 Å². The molecule has 1 N–H and O–H groups in total. The number of aliphatic hydroxyl groups excluding tert-OH is 1. The number of hydrogen-bond donors (Lipinski definition) is 1. The minimum atomic E-state index is -1.03. The molecular weight excluding hydrogens is 464 g/mol. The van der Waals surface area contributed by atoms with Crippen molar-refractivity contribution in [2.45, 2.75) is 6.04 Å². The summed E-state index contributed by atoms with van der Waals surface area (Å²) in [5.41, 5.74) is 0.827. The van der Waals surface area contributed by atoms with Crippen LogP contribution in [0.5, 0.6) is 0 Å². The summed E-state index contributed by atoms with van der Waals surface area (Å²) in [6, 6.07) is 19.8. The first-order chi connectivity index (χ1) is 14.9. The molecule has 1 fully saturated rings. The van der Waals surface area contributed by atoms with E-state index in [1.54, 1.807) is 60.7 Å². The van der Waals surface area contributed by atoms with E-state index in [9.17, 15) is 24.8 Å². The van der Waals surface area contributed by atoms with Crippen molar-refractivity contribution < 1.29 is 19.6 Å². The van der Waals surface area contributed by atoms with Gasteiger partial charge in [0.15, 0.2) is 0 Å². The van der Waals surface area contributed by atoms with E-state index in [0.29, 0.717) is 16.8 Å². The Morgan fingerprint density at radius 2 is 1.65 bits per heavy atom. The quantitative estimate of drug-likeness (QED) is 0.187. The number of nitrogens with zero attached hydrogens (tertiary/aromatic N) is 2. The van der Waals surface area contributed by atoms with Gasteiger partial charge in [0, 0.05) is 27.9 Å². The highest BCUT2D eigenvalue weighted by atomic mass is 79.9. The molecule has 4 rings (SSSR count). The Hall–Kier alpha value is -3.78. The maximum absolute atomic E-state index is 13.0. The smallest absolute Gasteiger partial charge is 0.300 e. The van der Waals surface area contributed by atoms with Gasteiger partial charge in [-0.1, -0.05) is 58.4 Å². The summed E-state index contributed by atoms with van der Waals surface area (Å²) in [5.74, 6) is -2.02. The average Bonchev–Trinajstić information content (AvgIpc) is 3.05. The van der Waals surface area contributed by atoms with Crippen LogP contribution in [0.1, 0.15) is 17.2 Å². The van der Waals surface area contributed by atoms with Crippen LogP contribution in [-0.4, -0.2) is 21.7 Å². The van der Waals surface area contributed by atoms with Gasteiger partial charge in [0.25, 0.3) is 17.4 Å². The lowest BCUT2D eigenvalue weighted by Crippen LogP contribution is -2.29. The number of halogens is 1. The van der Waals surface area contributed by atoms with Crippen LogP contribution >= 0.6 is 15.9 Å². The van der Waals surface area contributed by atoms with Crippen LogP contribution < -0.4 is 4.90 Å². The number of aliphatic hydroxyl groups is 1. The highest BCUT2D eigenvalue weighted by Gasteiger charge is 2.47. The van der Waals surface area contributed by atoms with E-state index in [2.05, 4.69) is 15.9 Å². The molecule has 0 aromatic heterocycles. The lowest BCUT2D eigenvalue weighted by Gasteiger charge is -2.25. The number of anilines is 1. The molecule has 7 nitrogen and oxygen atoms in total. The summed E-state index contributed by atoms with van der Waals surface area (Å²) in [4.78, 5) is 38.1. The summed E-state index contributed by atoms with van der Waals surface area (Å²) in [6.07, 6.45) is 0. The number of non-ortho nitro benzene ring substituents is 1. The Morgan fingerprint density at radius 1 is 0.968 bits per heavy atom. The number of carbonyl (C=O) groups excluding carboxylic acids is 2. The summed E-state index contributed by atoms with van der Waals surface area (Å²) in [5, 5.41) is 22.3.